The van der Waals surface area contributed by atoms with Crippen molar-refractivity contribution in [3.8, 4) is 11.4 Å². The number of benzene rings is 1. The number of fused-ring (bicyclic) bond motifs is 1. The Morgan fingerprint density at radius 1 is 1.19 bits per heavy atom. The van der Waals surface area contributed by atoms with E-state index in [-0.39, 0.29) is 18.6 Å². The highest BCUT2D eigenvalue weighted by molar-refractivity contribution is 5.89. The average molecular weight is 436 g/mol. The molecule has 2 aliphatic rings. The Labute approximate surface area is 184 Å². The number of hydrogen-bond donors (Lipinski definition) is 2. The summed E-state index contributed by atoms with van der Waals surface area (Å²) < 4.78 is 10.5. The predicted molar refractivity (Wildman–Crippen MR) is 115 cm³/mol. The van der Waals surface area contributed by atoms with E-state index in [1.54, 1.807) is 13.0 Å². The Hall–Kier alpha value is -3.53. The van der Waals surface area contributed by atoms with Gasteiger partial charge in [0.15, 0.2) is 0 Å². The minimum absolute atomic E-state index is 0.104. The second-order valence-electron chi connectivity index (χ2n) is 8.15. The zero-order chi connectivity index (χ0) is 22.2. The van der Waals surface area contributed by atoms with Crippen LogP contribution >= 0.6 is 0 Å². The molecule has 1 aromatic carbocycles. The monoisotopic (exact) mass is 436 g/mol. The minimum atomic E-state index is -0.761. The van der Waals surface area contributed by atoms with Gasteiger partial charge in [0.05, 0.1) is 6.10 Å². The number of nitrogens with zero attached hydrogens (tertiary/aromatic N) is 5. The van der Waals surface area contributed by atoms with Crippen molar-refractivity contribution >= 4 is 17.9 Å². The molecule has 5 rings (SSSR count). The minimum Gasteiger partial charge on any atom is -0.447 e. The number of carbonyl (C=O) groups excluding carboxylic acids is 1. The van der Waals surface area contributed by atoms with E-state index in [1.165, 1.54) is 28.6 Å². The molecule has 3 heterocycles. The summed E-state index contributed by atoms with van der Waals surface area (Å²) in [7, 11) is 0. The van der Waals surface area contributed by atoms with Crippen LogP contribution in [0.5, 0.6) is 0 Å². The zero-order valence-electron chi connectivity index (χ0n) is 17.9. The van der Waals surface area contributed by atoms with Gasteiger partial charge < -0.3 is 19.7 Å². The maximum absolute atomic E-state index is 12.1. The predicted octanol–water partition coefficient (Wildman–Crippen LogP) is 2.89. The normalized spacial score (nSPS) is 19.5. The highest BCUT2D eigenvalue weighted by Crippen LogP contribution is 2.28. The number of aromatic nitrogens is 4. The van der Waals surface area contributed by atoms with Crippen LogP contribution in [0.15, 0.2) is 35.0 Å². The lowest BCUT2D eigenvalue weighted by Crippen LogP contribution is -2.41. The van der Waals surface area contributed by atoms with Crippen molar-refractivity contribution in [2.45, 2.75) is 51.3 Å². The van der Waals surface area contributed by atoms with Gasteiger partial charge in [-0.2, -0.15) is 9.97 Å². The maximum atomic E-state index is 12.1. The molecule has 0 spiro atoms. The molecule has 10 nitrogen and oxygen atoms in total. The number of amides is 1. The molecule has 10 heteroatoms. The molecule has 2 N–H and O–H groups in total. The number of aliphatic hydroxyl groups excluding tert-OH is 1. The first-order valence-corrected chi connectivity index (χ1v) is 10.7. The number of anilines is 2. The van der Waals surface area contributed by atoms with Crippen LogP contribution in [0.3, 0.4) is 0 Å². The van der Waals surface area contributed by atoms with Crippen molar-refractivity contribution in [2.24, 2.45) is 0 Å². The number of ether oxygens (including phenoxy) is 1. The summed E-state index contributed by atoms with van der Waals surface area (Å²) in [5.41, 5.74) is 3.67. The standard InChI is InChI=1S/C22H24N6O4/c1-12(20-26-19(27-32-20)16-7-6-14-4-3-5-15(14)10-16)24-21-23-9-8-18(25-21)28-17(13(2)29)11-31-22(28)30/h6-10,12-13,17,29H,3-5,11H2,1-2H3,(H,23,24,25)/t12-,13-,17-/m1/s1. The van der Waals surface area contributed by atoms with E-state index in [1.807, 2.05) is 13.0 Å². The van der Waals surface area contributed by atoms with E-state index < -0.39 is 18.2 Å². The third-order valence-corrected chi connectivity index (χ3v) is 5.86. The number of hydrogen-bond acceptors (Lipinski definition) is 9. The number of rotatable bonds is 6. The van der Waals surface area contributed by atoms with Crippen molar-refractivity contribution in [1.29, 1.82) is 0 Å². The van der Waals surface area contributed by atoms with Crippen molar-refractivity contribution in [3.63, 3.8) is 0 Å². The molecular weight excluding hydrogens is 412 g/mol. The van der Waals surface area contributed by atoms with Gasteiger partial charge in [0.1, 0.15) is 24.5 Å². The van der Waals surface area contributed by atoms with Crippen molar-refractivity contribution in [3.05, 3.63) is 47.5 Å². The first-order chi connectivity index (χ1) is 15.5. The topological polar surface area (TPSA) is 127 Å². The van der Waals surface area contributed by atoms with E-state index in [9.17, 15) is 9.90 Å². The van der Waals surface area contributed by atoms with Crippen LogP contribution in [0, 0.1) is 0 Å². The van der Waals surface area contributed by atoms with Gasteiger partial charge in [-0.3, -0.25) is 4.90 Å². The van der Waals surface area contributed by atoms with Gasteiger partial charge >= 0.3 is 6.09 Å². The van der Waals surface area contributed by atoms with Crippen LogP contribution in [0.1, 0.15) is 43.3 Å². The zero-order valence-corrected chi connectivity index (χ0v) is 17.9. The van der Waals surface area contributed by atoms with Gasteiger partial charge in [-0.1, -0.05) is 17.3 Å². The molecule has 3 atom stereocenters. The van der Waals surface area contributed by atoms with Gasteiger partial charge in [-0.25, -0.2) is 9.78 Å². The highest BCUT2D eigenvalue weighted by Gasteiger charge is 2.38. The molecule has 0 unspecified atom stereocenters. The number of aliphatic hydroxyl groups is 1. The molecule has 3 aromatic rings. The third kappa shape index (κ3) is 3.77. The Morgan fingerprint density at radius 3 is 2.88 bits per heavy atom. The summed E-state index contributed by atoms with van der Waals surface area (Å²) in [6.07, 6.45) is 3.61. The van der Waals surface area contributed by atoms with E-state index in [0.29, 0.717) is 17.5 Å². The van der Waals surface area contributed by atoms with Crippen LogP contribution in [-0.4, -0.2) is 50.1 Å². The van der Waals surface area contributed by atoms with Gasteiger partial charge in [0, 0.05) is 11.8 Å². The molecule has 166 valence electrons. The van der Waals surface area contributed by atoms with Crippen LogP contribution in [0.25, 0.3) is 11.4 Å². The molecular formula is C22H24N6O4. The van der Waals surface area contributed by atoms with E-state index in [0.717, 1.165) is 18.4 Å². The van der Waals surface area contributed by atoms with Crippen LogP contribution in [0.2, 0.25) is 0 Å². The van der Waals surface area contributed by atoms with E-state index in [2.05, 4.69) is 37.6 Å². The molecule has 0 radical (unpaired) electrons. The maximum Gasteiger partial charge on any atom is 0.416 e. The molecule has 1 aliphatic carbocycles. The van der Waals surface area contributed by atoms with Crippen LogP contribution in [0.4, 0.5) is 16.6 Å². The fourth-order valence-electron chi connectivity index (χ4n) is 4.10. The Balaban J connectivity index is 1.32. The van der Waals surface area contributed by atoms with Gasteiger partial charge in [-0.15, -0.1) is 0 Å². The van der Waals surface area contributed by atoms with E-state index >= 15 is 0 Å². The molecule has 0 saturated carbocycles. The summed E-state index contributed by atoms with van der Waals surface area (Å²) in [5, 5.41) is 17.2. The highest BCUT2D eigenvalue weighted by atomic mass is 16.6. The molecule has 1 saturated heterocycles. The largest absolute Gasteiger partial charge is 0.447 e. The smallest absolute Gasteiger partial charge is 0.416 e. The summed E-state index contributed by atoms with van der Waals surface area (Å²) in [6, 6.07) is 7.02. The number of nitrogens with one attached hydrogen (secondary N) is 1. The van der Waals surface area contributed by atoms with Gasteiger partial charge in [0.2, 0.25) is 17.7 Å². The van der Waals surface area contributed by atoms with Gasteiger partial charge in [-0.05, 0) is 56.4 Å². The van der Waals surface area contributed by atoms with Crippen molar-refractivity contribution in [1.82, 2.24) is 20.1 Å². The lowest BCUT2D eigenvalue weighted by Gasteiger charge is -2.22. The lowest BCUT2D eigenvalue weighted by atomic mass is 10.1. The fourth-order valence-corrected chi connectivity index (χ4v) is 4.10. The van der Waals surface area contributed by atoms with Crippen molar-refractivity contribution < 1.29 is 19.2 Å². The Kier molecular flexibility index (Phi) is 5.22. The number of cyclic esters (lactones) is 1. The molecule has 1 aliphatic heterocycles. The molecule has 2 aromatic heterocycles. The van der Waals surface area contributed by atoms with E-state index in [4.69, 9.17) is 9.26 Å². The van der Waals surface area contributed by atoms with Crippen LogP contribution < -0.4 is 10.2 Å². The lowest BCUT2D eigenvalue weighted by molar-refractivity contribution is 0.142. The number of carbonyl (C=O) groups is 1. The average Bonchev–Trinajstić information content (AvgIpc) is 3.52. The third-order valence-electron chi connectivity index (χ3n) is 5.86. The molecule has 32 heavy (non-hydrogen) atoms. The van der Waals surface area contributed by atoms with Crippen molar-refractivity contribution in [2.75, 3.05) is 16.8 Å². The molecule has 0 bridgehead atoms. The quantitative estimate of drug-likeness (QED) is 0.599. The second-order valence-corrected chi connectivity index (χ2v) is 8.15. The summed E-state index contributed by atoms with van der Waals surface area (Å²) in [6.45, 7) is 3.57. The Morgan fingerprint density at radius 2 is 2.03 bits per heavy atom. The number of aryl methyl sites for hydroxylation is 2. The molecule has 1 amide bonds. The Bertz CT molecular complexity index is 1150. The summed E-state index contributed by atoms with van der Waals surface area (Å²) >= 11 is 0. The van der Waals surface area contributed by atoms with Gasteiger partial charge in [0.25, 0.3) is 0 Å². The second kappa shape index (κ2) is 8.19. The SMILES string of the molecule is C[C@@H](Nc1nccc(N2C(=O)OC[C@@H]2[C@@H](C)O)n1)c1nc(-c2ccc3c(c2)CCC3)no1. The fraction of sp³-hybridized carbons (Fsp3) is 0.409. The summed E-state index contributed by atoms with van der Waals surface area (Å²) in [5.74, 6) is 1.57. The molecule has 1 fully saturated rings. The summed E-state index contributed by atoms with van der Waals surface area (Å²) in [4.78, 5) is 26.6. The first kappa shape index (κ1) is 20.4. The van der Waals surface area contributed by atoms with Crippen LogP contribution in [-0.2, 0) is 17.6 Å². The first-order valence-electron chi connectivity index (χ1n) is 10.7.